The van der Waals surface area contributed by atoms with Gasteiger partial charge in [0.1, 0.15) is 46.7 Å². The maximum Gasteiger partial charge on any atom is 0.339 e. The number of carboxylic acid groups (broad SMARTS) is 2. The molecule has 2 aliphatic rings. The van der Waals surface area contributed by atoms with Crippen molar-refractivity contribution in [1.82, 2.24) is 9.88 Å². The number of rotatable bonds is 22. The van der Waals surface area contributed by atoms with Gasteiger partial charge in [-0.1, -0.05) is 54.6 Å². The number of aromatic hydroxyl groups is 1. The van der Waals surface area contributed by atoms with Gasteiger partial charge < -0.3 is 49.4 Å². The summed E-state index contributed by atoms with van der Waals surface area (Å²) in [5.41, 5.74) is 2.81. The Morgan fingerprint density at radius 1 is 0.732 bits per heavy atom. The van der Waals surface area contributed by atoms with Crippen LogP contribution in [0.5, 0.6) is 28.7 Å². The lowest BCUT2D eigenvalue weighted by Gasteiger charge is -2.26. The molecular weight excluding hydrogens is 1300 g/mol. The van der Waals surface area contributed by atoms with E-state index in [0.29, 0.717) is 41.3 Å². The number of fused-ring (bicyclic) bond motifs is 2. The number of aldehydes is 1. The Balaban J connectivity index is 0.000000171. The second-order valence-electron chi connectivity index (χ2n) is 21.2. The van der Waals surface area contributed by atoms with Crippen LogP contribution in [-0.4, -0.2) is 104 Å². The van der Waals surface area contributed by atoms with Crippen molar-refractivity contribution in [2.75, 3.05) is 33.4 Å². The molecule has 1 atom stereocenters. The monoisotopic (exact) mass is 1360 g/mol. The predicted molar refractivity (Wildman–Crippen MR) is 356 cm³/mol. The summed E-state index contributed by atoms with van der Waals surface area (Å²) in [5, 5.41) is 40.8. The number of hydrogen-bond donors (Lipinski definition) is 7. The first kappa shape index (κ1) is 70.8. The Hall–Kier alpha value is -12.1. The van der Waals surface area contributed by atoms with Gasteiger partial charge in [0.2, 0.25) is 27.8 Å². The smallest absolute Gasteiger partial charge is 0.339 e. The summed E-state index contributed by atoms with van der Waals surface area (Å²) in [6, 6.07) is 43.5. The van der Waals surface area contributed by atoms with Crippen LogP contribution in [0.4, 0.5) is 34.3 Å². The Morgan fingerprint density at radius 3 is 1.98 bits per heavy atom. The van der Waals surface area contributed by atoms with Crippen molar-refractivity contribution in [2.45, 2.75) is 62.5 Å². The number of amides is 4. The van der Waals surface area contributed by atoms with Gasteiger partial charge >= 0.3 is 11.9 Å². The molecule has 0 spiro atoms. The number of nitrogens with zero attached hydrogens (tertiary/aromatic N) is 4. The summed E-state index contributed by atoms with van der Waals surface area (Å²) in [6.07, 6.45) is 8.96. The minimum absolute atomic E-state index is 0.0231. The molecule has 0 saturated heterocycles. The number of aromatic carboxylic acids is 1. The number of imide groups is 1. The van der Waals surface area contributed by atoms with Crippen LogP contribution in [0.3, 0.4) is 0 Å². The lowest BCUT2D eigenvalue weighted by molar-refractivity contribution is -0.138. The van der Waals surface area contributed by atoms with Crippen LogP contribution in [-0.2, 0) is 45.6 Å². The van der Waals surface area contributed by atoms with Crippen molar-refractivity contribution in [3.8, 4) is 28.7 Å². The van der Waals surface area contributed by atoms with Crippen molar-refractivity contribution in [2.24, 2.45) is 10.2 Å². The van der Waals surface area contributed by atoms with Gasteiger partial charge in [-0.25, -0.2) is 26.6 Å². The molecule has 7 N–H and O–H groups in total. The van der Waals surface area contributed by atoms with Crippen LogP contribution in [0.1, 0.15) is 87.3 Å². The van der Waals surface area contributed by atoms with Crippen LogP contribution in [0.25, 0.3) is 11.0 Å². The van der Waals surface area contributed by atoms with E-state index in [4.69, 9.17) is 23.7 Å². The van der Waals surface area contributed by atoms with Crippen LogP contribution in [0.2, 0.25) is 0 Å². The van der Waals surface area contributed by atoms with Gasteiger partial charge in [0.05, 0.1) is 70.4 Å². The number of phenols is 1. The van der Waals surface area contributed by atoms with E-state index >= 15 is 0 Å². The number of azo groups is 1. The molecular formula is C68H62N8O19S2. The molecule has 97 heavy (non-hydrogen) atoms. The van der Waals surface area contributed by atoms with E-state index < -0.39 is 61.7 Å². The molecule has 29 heteroatoms. The quantitative estimate of drug-likeness (QED) is 0.0188. The van der Waals surface area contributed by atoms with Crippen LogP contribution in [0, 0.1) is 0 Å². The fourth-order valence-electron chi connectivity index (χ4n) is 9.70. The highest BCUT2D eigenvalue weighted by atomic mass is 32.2. The summed E-state index contributed by atoms with van der Waals surface area (Å²) in [6.45, 7) is 1.46. The molecule has 0 bridgehead atoms. The molecule has 9 aromatic rings. The van der Waals surface area contributed by atoms with Crippen molar-refractivity contribution in [3.63, 3.8) is 0 Å². The molecule has 2 aromatic heterocycles. The number of anilines is 4. The summed E-state index contributed by atoms with van der Waals surface area (Å²) >= 11 is 0. The number of sulfonamides is 2. The molecule has 4 amide bonds. The molecule has 3 heterocycles. The number of carboxylic acids is 2. The number of carbonyl (C=O) groups is 7. The zero-order valence-electron chi connectivity index (χ0n) is 51.9. The van der Waals surface area contributed by atoms with E-state index in [2.05, 4.69) is 35.3 Å². The van der Waals surface area contributed by atoms with Crippen LogP contribution in [0.15, 0.2) is 207 Å². The fourth-order valence-corrected chi connectivity index (χ4v) is 11.3. The minimum atomic E-state index is -3.79. The first-order chi connectivity index (χ1) is 46.4. The SMILES string of the molecule is CC(=O)Nc1ccc(CC=O)cc1.COc1ccc(C(CC(=O)O)N2C(=O)c3ccccc3C2=O)cc1OC1CCCC1.CS(=O)(=O)Nc1cc2occ(NC=O)c(=O)c2cc1Oc1ccccc1.O=C(O)c1cc(N=Nc2ccc(S(=O)(=O)Nc3ccccn3)cc2)ccc1O. The van der Waals surface area contributed by atoms with E-state index in [1.807, 2.05) is 12.1 Å². The highest BCUT2D eigenvalue weighted by molar-refractivity contribution is 7.92. The highest BCUT2D eigenvalue weighted by Crippen LogP contribution is 2.40. The zero-order chi connectivity index (χ0) is 69.8. The number of methoxy groups -OCH3 is 1. The maximum atomic E-state index is 12.9. The summed E-state index contributed by atoms with van der Waals surface area (Å²) < 4.78 is 75.2. The Bertz CT molecular complexity index is 4650. The van der Waals surface area contributed by atoms with E-state index in [-0.39, 0.29) is 78.9 Å². The third-order valence-corrected chi connectivity index (χ3v) is 16.1. The second-order valence-corrected chi connectivity index (χ2v) is 24.6. The van der Waals surface area contributed by atoms with E-state index in [0.717, 1.165) is 60.6 Å². The van der Waals surface area contributed by atoms with E-state index in [1.54, 1.807) is 97.1 Å². The highest BCUT2D eigenvalue weighted by Gasteiger charge is 2.41. The lowest BCUT2D eigenvalue weighted by atomic mass is 10.0. The van der Waals surface area contributed by atoms with Gasteiger partial charge in [0.15, 0.2) is 17.2 Å². The molecule has 1 aliphatic carbocycles. The fraction of sp³-hybridized carbons (Fsp3) is 0.162. The molecule has 27 nitrogen and oxygen atoms in total. The Kier molecular flexibility index (Phi) is 23.8. The molecule has 1 fully saturated rings. The van der Waals surface area contributed by atoms with E-state index in [1.165, 1.54) is 80.9 Å². The summed E-state index contributed by atoms with van der Waals surface area (Å²) in [5.74, 6) is -2.05. The number of hydrogen-bond acceptors (Lipinski definition) is 20. The number of carbonyl (C=O) groups excluding carboxylic acids is 5. The third kappa shape index (κ3) is 19.5. The second kappa shape index (κ2) is 32.6. The number of nitrogens with one attached hydrogen (secondary N) is 4. The maximum absolute atomic E-state index is 12.9. The van der Waals surface area contributed by atoms with Gasteiger partial charge in [-0.3, -0.25) is 43.1 Å². The number of aliphatic carboxylic acids is 1. The first-order valence-electron chi connectivity index (χ1n) is 29.3. The molecule has 0 radical (unpaired) electrons. The number of pyridine rings is 1. The largest absolute Gasteiger partial charge is 0.507 e. The van der Waals surface area contributed by atoms with Gasteiger partial charge in [-0.2, -0.15) is 10.2 Å². The lowest BCUT2D eigenvalue weighted by Crippen LogP contribution is -2.35. The van der Waals surface area contributed by atoms with Crippen molar-refractivity contribution in [3.05, 3.63) is 220 Å². The molecule has 11 rings (SSSR count). The zero-order valence-corrected chi connectivity index (χ0v) is 53.5. The van der Waals surface area contributed by atoms with Crippen molar-refractivity contribution in [1.29, 1.82) is 0 Å². The average molecular weight is 1360 g/mol. The molecule has 1 saturated carbocycles. The van der Waals surface area contributed by atoms with Gasteiger partial charge in [-0.05, 0) is 146 Å². The summed E-state index contributed by atoms with van der Waals surface area (Å²) in [4.78, 5) is 97.3. The van der Waals surface area contributed by atoms with Crippen molar-refractivity contribution >= 4 is 108 Å². The Morgan fingerprint density at radius 2 is 1.38 bits per heavy atom. The predicted octanol–water partition coefficient (Wildman–Crippen LogP) is 11.4. The Labute approximate surface area is 554 Å². The minimum Gasteiger partial charge on any atom is -0.507 e. The molecule has 1 unspecified atom stereocenters. The molecule has 7 aromatic carbocycles. The first-order valence-corrected chi connectivity index (χ1v) is 32.7. The standard InChI is InChI=1S/C23H23NO6.C18H14N4O5S.C17H14N2O6S.C10H11NO2/c1-29-19-11-10-14(12-20(19)30-15-6-2-3-7-15)18(13-21(25)26)24-22(27)16-8-4-5-9-17(16)23(24)28;23-16-9-6-13(11-15(16)18(24)25)21-20-12-4-7-14(8-5-12)28(26,27)22-17-3-1-2-10-19-17;1-26(22,23)19-13-8-15-12(17(21)14(9-24-15)18-10-20)7-16(13)25-11-5-3-2-4-6-11;1-8(13)11-10-4-2-9(3-5-10)6-7-12/h4-5,8-12,15,18H,2-3,6-7,13H2,1H3,(H,25,26);1-11,23H,(H,19,22)(H,24,25);2-10,19H,1H3,(H,18,20);2-5,7H,6H2,1H3,(H,11,13). The van der Waals surface area contributed by atoms with Crippen LogP contribution >= 0.6 is 0 Å². The van der Waals surface area contributed by atoms with Crippen molar-refractivity contribution < 1.29 is 84.3 Å². The topological polar surface area (TPSA) is 395 Å². The van der Waals surface area contributed by atoms with Crippen LogP contribution < -0.4 is 39.7 Å². The average Bonchev–Trinajstić information content (AvgIpc) is 1.66. The number of benzene rings is 7. The summed E-state index contributed by atoms with van der Waals surface area (Å²) in [7, 11) is -5.85. The number of aromatic nitrogens is 1. The number of ether oxygens (including phenoxy) is 3. The van der Waals surface area contributed by atoms with Gasteiger partial charge in [0.25, 0.3) is 21.8 Å². The van der Waals surface area contributed by atoms with Gasteiger partial charge in [0, 0.05) is 31.3 Å². The normalized spacial score (nSPS) is 12.8. The third-order valence-electron chi connectivity index (χ3n) is 14.2. The van der Waals surface area contributed by atoms with E-state index in [9.17, 15) is 65.4 Å². The van der Waals surface area contributed by atoms with Gasteiger partial charge in [-0.15, -0.1) is 0 Å². The molecule has 1 aliphatic heterocycles. The molecule has 500 valence electrons. The number of para-hydroxylation sites is 1.